The van der Waals surface area contributed by atoms with Gasteiger partial charge < -0.3 is 0 Å². The van der Waals surface area contributed by atoms with E-state index in [0.29, 0.717) is 0 Å². The van der Waals surface area contributed by atoms with Crippen molar-refractivity contribution in [2.45, 2.75) is 0 Å². The standard InChI is InChI=1S/Ce.Dy.La.Zr. The third-order valence-electron chi connectivity index (χ3n) is 0. The Hall–Kier alpha value is 4.73. The van der Waals surface area contributed by atoms with Crippen LogP contribution in [-0.4, -0.2) is 0 Å². The van der Waals surface area contributed by atoms with E-state index in [0.717, 1.165) is 0 Å². The number of hydrogen-bond acceptors (Lipinski definition) is 0. The molecule has 0 nitrogen and oxygen atoms in total. The minimum absolute atomic E-state index is 0. The first-order valence-electron chi connectivity index (χ1n) is 0. The van der Waals surface area contributed by atoms with Crippen molar-refractivity contribution < 1.29 is 142 Å². The first-order chi connectivity index (χ1) is 0. The van der Waals surface area contributed by atoms with Gasteiger partial charge in [-0.05, 0) is 0 Å². The van der Waals surface area contributed by atoms with Crippen molar-refractivity contribution in [1.29, 1.82) is 0 Å². The van der Waals surface area contributed by atoms with Crippen molar-refractivity contribution in [3.05, 3.63) is 0 Å². The Morgan fingerprint density at radius 2 is 1.00 bits per heavy atom. The van der Waals surface area contributed by atoms with Gasteiger partial charge in [0.1, 0.15) is 0 Å². The molecule has 0 heterocycles. The molecule has 1 radical (unpaired) electrons. The average Bonchev–Trinajstić information content (AvgIpc) is 0. The first kappa shape index (κ1) is 23.3. The van der Waals surface area contributed by atoms with E-state index < -0.39 is 0 Å². The average molecular weight is 533 g/mol. The Morgan fingerprint density at radius 3 is 1.00 bits per heavy atom. The molecule has 4 heavy (non-hydrogen) atoms. The van der Waals surface area contributed by atoms with Crippen molar-refractivity contribution in [3.63, 3.8) is 0 Å². The van der Waals surface area contributed by atoms with Crippen LogP contribution >= 0.6 is 0 Å². The van der Waals surface area contributed by atoms with Gasteiger partial charge in [0.05, 0.1) is 0 Å². The molecule has 0 aliphatic carbocycles. The Labute approximate surface area is 137 Å². The molecule has 4 heteroatoms. The molecule has 0 fully saturated rings. The fraction of sp³-hybridized carbons (Fsp3) is 0. The van der Waals surface area contributed by atoms with Crippen LogP contribution in [0.4, 0.5) is 0 Å². The van der Waals surface area contributed by atoms with Crippen LogP contribution in [0.25, 0.3) is 0 Å². The van der Waals surface area contributed by atoms with Gasteiger partial charge in [-0.3, -0.25) is 0 Å². The van der Waals surface area contributed by atoms with E-state index in [2.05, 4.69) is 0 Å². The van der Waals surface area contributed by atoms with Gasteiger partial charge in [0.25, 0.3) is 0 Å². The second-order valence-corrected chi connectivity index (χ2v) is 0. The van der Waals surface area contributed by atoms with E-state index in [-0.39, 0.29) is 142 Å². The summed E-state index contributed by atoms with van der Waals surface area (Å²) in [5.41, 5.74) is 0. The van der Waals surface area contributed by atoms with Crippen LogP contribution < -0.4 is 0 Å². The molecule has 0 amide bonds. The quantitative estimate of drug-likeness (QED) is 0.412. The maximum Gasteiger partial charge on any atom is 0 e. The Kier molecular flexibility index (Phi) is 91.2. The van der Waals surface area contributed by atoms with Crippen LogP contribution in [0.5, 0.6) is 0 Å². The molecule has 0 unspecified atom stereocenters. The molecule has 0 aromatic heterocycles. The molecule has 0 bridgehead atoms. The molecule has 0 aliphatic heterocycles. The summed E-state index contributed by atoms with van der Waals surface area (Å²) < 4.78 is 0. The van der Waals surface area contributed by atoms with Gasteiger partial charge >= 0.3 is 0 Å². The maximum absolute atomic E-state index is 0. The van der Waals surface area contributed by atoms with E-state index >= 15 is 0 Å². The van der Waals surface area contributed by atoms with E-state index in [1.54, 1.807) is 0 Å². The monoisotopic (exact) mass is 533 g/mol. The smallest absolute Gasteiger partial charge is 0 e. The van der Waals surface area contributed by atoms with Crippen LogP contribution in [0.1, 0.15) is 0 Å². The summed E-state index contributed by atoms with van der Waals surface area (Å²) in [5.74, 6) is 0. The fourth-order valence-corrected chi connectivity index (χ4v) is 0. The number of rotatable bonds is 0. The molecule has 0 N–H and O–H groups in total. The molecular weight excluding hydrogens is 533 g/mol. The van der Waals surface area contributed by atoms with Crippen molar-refractivity contribution in [2.75, 3.05) is 0 Å². The SMILES string of the molecule is [Ce].[Dy].[La].[Zr]. The van der Waals surface area contributed by atoms with Crippen LogP contribution in [0, 0.1) is 116 Å². The second-order valence-electron chi connectivity index (χ2n) is 0. The van der Waals surface area contributed by atoms with Crippen molar-refractivity contribution >= 4 is 0 Å². The van der Waals surface area contributed by atoms with Gasteiger partial charge in [0.2, 0.25) is 0 Å². The molecule has 0 aromatic rings. The third kappa shape index (κ3) is 9.87. The van der Waals surface area contributed by atoms with Crippen LogP contribution in [0.2, 0.25) is 0 Å². The summed E-state index contributed by atoms with van der Waals surface area (Å²) in [6.07, 6.45) is 0. The molecule has 21 valence electrons. The van der Waals surface area contributed by atoms with Gasteiger partial charge in [-0.15, -0.1) is 0 Å². The summed E-state index contributed by atoms with van der Waals surface area (Å²) in [4.78, 5) is 0. The summed E-state index contributed by atoms with van der Waals surface area (Å²) in [6.45, 7) is 0. The van der Waals surface area contributed by atoms with Crippen molar-refractivity contribution in [1.82, 2.24) is 0 Å². The van der Waals surface area contributed by atoms with E-state index in [9.17, 15) is 0 Å². The zero-order valence-corrected chi connectivity index (χ0v) is 13.1. The topological polar surface area (TPSA) is 0 Å². The Bertz CT molecular complexity index is 8.00. The van der Waals surface area contributed by atoms with Gasteiger partial charge in [0.15, 0.2) is 0 Å². The normalized spacial score (nSPS) is 0. The molecular formula is CeDyLaZr. The molecule has 0 aliphatic rings. The molecule has 0 saturated carbocycles. The predicted octanol–water partition coefficient (Wildman–Crippen LogP) is -0.00250. The van der Waals surface area contributed by atoms with Crippen LogP contribution in [0.15, 0.2) is 0 Å². The fourth-order valence-electron chi connectivity index (χ4n) is 0. The van der Waals surface area contributed by atoms with E-state index in [4.69, 9.17) is 0 Å². The van der Waals surface area contributed by atoms with Crippen LogP contribution in [-0.2, 0) is 26.2 Å². The Morgan fingerprint density at radius 1 is 1.00 bits per heavy atom. The van der Waals surface area contributed by atoms with Gasteiger partial charge in [-0.1, -0.05) is 0 Å². The minimum Gasteiger partial charge on any atom is 0 e. The van der Waals surface area contributed by atoms with Gasteiger partial charge in [0, 0.05) is 142 Å². The largest absolute Gasteiger partial charge is 0 e. The summed E-state index contributed by atoms with van der Waals surface area (Å²) >= 11 is 0. The predicted molar refractivity (Wildman–Crippen MR) is 0 cm³/mol. The van der Waals surface area contributed by atoms with E-state index in [1.165, 1.54) is 0 Å². The summed E-state index contributed by atoms with van der Waals surface area (Å²) in [5, 5.41) is 0. The zero-order chi connectivity index (χ0) is 0. The first-order valence-corrected chi connectivity index (χ1v) is 0. The van der Waals surface area contributed by atoms with Crippen molar-refractivity contribution in [3.8, 4) is 0 Å². The third-order valence-corrected chi connectivity index (χ3v) is 0. The number of hydrogen-bond donors (Lipinski definition) is 0. The zero-order valence-electron chi connectivity index (χ0n) is 1.89. The summed E-state index contributed by atoms with van der Waals surface area (Å²) in [7, 11) is 0. The Balaban J connectivity index is 0. The second kappa shape index (κ2) is 15.6. The summed E-state index contributed by atoms with van der Waals surface area (Å²) in [6, 6.07) is 0. The molecule has 0 saturated heterocycles. The minimum atomic E-state index is 0. The maximum atomic E-state index is 0. The van der Waals surface area contributed by atoms with Gasteiger partial charge in [-0.25, -0.2) is 0 Å². The van der Waals surface area contributed by atoms with Crippen LogP contribution in [0.3, 0.4) is 0 Å². The molecule has 0 atom stereocenters. The van der Waals surface area contributed by atoms with E-state index in [1.807, 2.05) is 0 Å². The van der Waals surface area contributed by atoms with Gasteiger partial charge in [-0.2, -0.15) is 0 Å². The molecule has 0 spiro atoms. The molecule has 0 aromatic carbocycles. The van der Waals surface area contributed by atoms with Crippen molar-refractivity contribution in [2.24, 2.45) is 0 Å². The molecule has 0 rings (SSSR count).